The van der Waals surface area contributed by atoms with Gasteiger partial charge in [0.25, 0.3) is 0 Å². The molecule has 0 saturated carbocycles. The zero-order chi connectivity index (χ0) is 12.5. The van der Waals surface area contributed by atoms with Crippen molar-refractivity contribution in [2.24, 2.45) is 5.73 Å². The molecule has 1 heterocycles. The molecular weight excluding hydrogens is 245 g/mol. The van der Waals surface area contributed by atoms with Gasteiger partial charge in [-0.1, -0.05) is 18.2 Å². The van der Waals surface area contributed by atoms with E-state index in [2.05, 4.69) is 6.07 Å². The van der Waals surface area contributed by atoms with E-state index in [0.717, 1.165) is 17.7 Å². The zero-order valence-electron chi connectivity index (χ0n) is 10.2. The van der Waals surface area contributed by atoms with Crippen LogP contribution < -0.4 is 5.73 Å². The number of hydrogen-bond donors (Lipinski definition) is 1. The lowest BCUT2D eigenvalue weighted by molar-refractivity contribution is 0.601. The largest absolute Gasteiger partial charge is 0.320 e. The minimum atomic E-state index is -0.332. The molecule has 0 spiro atoms. The molecule has 0 saturated heterocycles. The Labute approximate surface area is 110 Å². The van der Waals surface area contributed by atoms with Gasteiger partial charge in [-0.2, -0.15) is 0 Å². The molecule has 0 fully saturated rings. The molecule has 1 aromatic carbocycles. The number of hydrogen-bond acceptors (Lipinski definition) is 2. The molecule has 0 aliphatic heterocycles. The summed E-state index contributed by atoms with van der Waals surface area (Å²) in [5.74, 6) is -0.212. The lowest BCUT2D eigenvalue weighted by Crippen LogP contribution is -2.11. The molecule has 18 heavy (non-hydrogen) atoms. The fourth-order valence-electron chi connectivity index (χ4n) is 2.55. The topological polar surface area (TPSA) is 26.0 Å². The molecule has 2 aromatic rings. The standard InChI is InChI=1S/C15H16FNS/c16-12-7-3-2-6-11(12)15(17)14-9-10-5-1-4-8-13(10)18-14/h2-3,6-7,9,15H,1,4-5,8,17H2. The SMILES string of the molecule is NC(c1cc2c(s1)CCCC2)c1ccccc1F. The summed E-state index contributed by atoms with van der Waals surface area (Å²) in [6.07, 6.45) is 4.83. The average Bonchev–Trinajstić information content (AvgIpc) is 2.82. The molecule has 2 N–H and O–H groups in total. The monoisotopic (exact) mass is 261 g/mol. The van der Waals surface area contributed by atoms with Gasteiger partial charge in [0.2, 0.25) is 0 Å². The normalized spacial score (nSPS) is 16.3. The van der Waals surface area contributed by atoms with Gasteiger partial charge in [-0.3, -0.25) is 0 Å². The highest BCUT2D eigenvalue weighted by Crippen LogP contribution is 2.34. The third kappa shape index (κ3) is 2.08. The van der Waals surface area contributed by atoms with Crippen LogP contribution in [-0.4, -0.2) is 0 Å². The maximum atomic E-state index is 13.7. The maximum Gasteiger partial charge on any atom is 0.128 e. The number of aryl methyl sites for hydroxylation is 2. The Kier molecular flexibility index (Phi) is 3.18. The van der Waals surface area contributed by atoms with Crippen molar-refractivity contribution in [3.63, 3.8) is 0 Å². The zero-order valence-corrected chi connectivity index (χ0v) is 11.0. The fourth-order valence-corrected chi connectivity index (χ4v) is 3.83. The molecule has 1 aliphatic carbocycles. The van der Waals surface area contributed by atoms with Crippen LogP contribution in [0.2, 0.25) is 0 Å². The van der Waals surface area contributed by atoms with Gasteiger partial charge in [0.05, 0.1) is 6.04 Å². The highest BCUT2D eigenvalue weighted by molar-refractivity contribution is 7.12. The van der Waals surface area contributed by atoms with Crippen molar-refractivity contribution in [3.05, 3.63) is 57.0 Å². The van der Waals surface area contributed by atoms with Crippen molar-refractivity contribution in [2.45, 2.75) is 31.7 Å². The molecule has 0 bridgehead atoms. The highest BCUT2D eigenvalue weighted by atomic mass is 32.1. The second kappa shape index (κ2) is 4.82. The first-order valence-corrected chi connectivity index (χ1v) is 7.19. The highest BCUT2D eigenvalue weighted by Gasteiger charge is 2.19. The molecule has 1 aromatic heterocycles. The van der Waals surface area contributed by atoms with Crippen LogP contribution in [0, 0.1) is 5.82 Å². The van der Waals surface area contributed by atoms with E-state index >= 15 is 0 Å². The molecule has 1 atom stereocenters. The Hall–Kier alpha value is -1.19. The van der Waals surface area contributed by atoms with Gasteiger partial charge >= 0.3 is 0 Å². The van der Waals surface area contributed by atoms with Crippen molar-refractivity contribution < 1.29 is 4.39 Å². The molecule has 1 unspecified atom stereocenters. The van der Waals surface area contributed by atoms with E-state index in [0.29, 0.717) is 5.56 Å². The lowest BCUT2D eigenvalue weighted by atomic mass is 9.98. The third-order valence-electron chi connectivity index (χ3n) is 3.56. The summed E-state index contributed by atoms with van der Waals surface area (Å²) in [5, 5.41) is 0. The van der Waals surface area contributed by atoms with Crippen LogP contribution in [0.1, 0.15) is 39.8 Å². The predicted molar refractivity (Wildman–Crippen MR) is 73.4 cm³/mol. The van der Waals surface area contributed by atoms with Gasteiger partial charge in [-0.25, -0.2) is 4.39 Å². The predicted octanol–water partition coefficient (Wildman–Crippen LogP) is 3.81. The first kappa shape index (κ1) is 11.9. The number of thiophene rings is 1. The third-order valence-corrected chi connectivity index (χ3v) is 4.88. The second-order valence-electron chi connectivity index (χ2n) is 4.80. The summed E-state index contributed by atoms with van der Waals surface area (Å²) in [6, 6.07) is 8.64. The molecule has 0 amide bonds. The molecule has 1 nitrogen and oxygen atoms in total. The van der Waals surface area contributed by atoms with Crippen LogP contribution in [0.25, 0.3) is 0 Å². The Balaban J connectivity index is 1.95. The van der Waals surface area contributed by atoms with E-state index in [1.807, 2.05) is 6.07 Å². The van der Waals surface area contributed by atoms with E-state index in [1.54, 1.807) is 23.5 Å². The van der Waals surface area contributed by atoms with E-state index in [-0.39, 0.29) is 11.9 Å². The summed E-state index contributed by atoms with van der Waals surface area (Å²) >= 11 is 1.76. The smallest absolute Gasteiger partial charge is 0.128 e. The summed E-state index contributed by atoms with van der Waals surface area (Å²) in [5.41, 5.74) is 8.22. The number of rotatable bonds is 2. The van der Waals surface area contributed by atoms with Crippen LogP contribution >= 0.6 is 11.3 Å². The summed E-state index contributed by atoms with van der Waals surface area (Å²) < 4.78 is 13.7. The first-order valence-electron chi connectivity index (χ1n) is 6.37. The summed E-state index contributed by atoms with van der Waals surface area (Å²) in [6.45, 7) is 0. The summed E-state index contributed by atoms with van der Waals surface area (Å²) in [4.78, 5) is 2.54. The Bertz CT molecular complexity index is 538. The Morgan fingerprint density at radius 2 is 1.94 bits per heavy atom. The van der Waals surface area contributed by atoms with Crippen LogP contribution in [0.3, 0.4) is 0 Å². The second-order valence-corrected chi connectivity index (χ2v) is 5.97. The average molecular weight is 261 g/mol. The van der Waals surface area contributed by atoms with Gasteiger partial charge in [-0.05, 0) is 43.4 Å². The van der Waals surface area contributed by atoms with Gasteiger partial charge in [-0.15, -0.1) is 11.3 Å². The van der Waals surface area contributed by atoms with E-state index in [1.165, 1.54) is 29.3 Å². The number of benzene rings is 1. The van der Waals surface area contributed by atoms with Crippen molar-refractivity contribution >= 4 is 11.3 Å². The van der Waals surface area contributed by atoms with Crippen molar-refractivity contribution in [2.75, 3.05) is 0 Å². The molecule has 3 rings (SSSR count). The molecule has 3 heteroatoms. The maximum absolute atomic E-state index is 13.7. The Morgan fingerprint density at radius 3 is 2.72 bits per heavy atom. The number of halogens is 1. The van der Waals surface area contributed by atoms with Crippen LogP contribution in [0.15, 0.2) is 30.3 Å². The molecule has 94 valence electrons. The van der Waals surface area contributed by atoms with E-state index in [9.17, 15) is 4.39 Å². The van der Waals surface area contributed by atoms with Gasteiger partial charge in [0.1, 0.15) is 5.82 Å². The van der Waals surface area contributed by atoms with Crippen molar-refractivity contribution in [1.82, 2.24) is 0 Å². The summed E-state index contributed by atoms with van der Waals surface area (Å²) in [7, 11) is 0. The van der Waals surface area contributed by atoms with Crippen LogP contribution in [0.5, 0.6) is 0 Å². The minimum Gasteiger partial charge on any atom is -0.320 e. The van der Waals surface area contributed by atoms with E-state index < -0.39 is 0 Å². The van der Waals surface area contributed by atoms with Gasteiger partial charge < -0.3 is 5.73 Å². The molecular formula is C15H16FNS. The van der Waals surface area contributed by atoms with Crippen molar-refractivity contribution in [3.8, 4) is 0 Å². The number of fused-ring (bicyclic) bond motifs is 1. The number of nitrogens with two attached hydrogens (primary N) is 1. The lowest BCUT2D eigenvalue weighted by Gasteiger charge is -2.10. The Morgan fingerprint density at radius 1 is 1.17 bits per heavy atom. The van der Waals surface area contributed by atoms with Crippen LogP contribution in [-0.2, 0) is 12.8 Å². The van der Waals surface area contributed by atoms with Crippen LogP contribution in [0.4, 0.5) is 4.39 Å². The van der Waals surface area contributed by atoms with Crippen molar-refractivity contribution in [1.29, 1.82) is 0 Å². The van der Waals surface area contributed by atoms with Gasteiger partial charge in [0.15, 0.2) is 0 Å². The first-order chi connectivity index (χ1) is 8.75. The minimum absolute atomic E-state index is 0.212. The quantitative estimate of drug-likeness (QED) is 0.874. The molecule has 1 aliphatic rings. The molecule has 0 radical (unpaired) electrons. The van der Waals surface area contributed by atoms with E-state index in [4.69, 9.17) is 5.73 Å². The fraction of sp³-hybridized carbons (Fsp3) is 0.333. The van der Waals surface area contributed by atoms with Gasteiger partial charge in [0, 0.05) is 15.3 Å².